The molecule has 3 rings (SSSR count). The first kappa shape index (κ1) is 21.3. The zero-order chi connectivity index (χ0) is 21.2. The molecule has 0 spiro atoms. The second-order valence-electron chi connectivity index (χ2n) is 7.38. The minimum Gasteiger partial charge on any atom is -0.356 e. The van der Waals surface area contributed by atoms with E-state index in [1.54, 1.807) is 0 Å². The van der Waals surface area contributed by atoms with Crippen molar-refractivity contribution in [2.75, 3.05) is 6.54 Å². The van der Waals surface area contributed by atoms with Gasteiger partial charge in [-0.3, -0.25) is 9.59 Å². The fraction of sp³-hybridized carbons (Fsp3) is 0.231. The topological polar surface area (TPSA) is 58.2 Å². The molecule has 0 aliphatic heterocycles. The van der Waals surface area contributed by atoms with Crippen molar-refractivity contribution < 1.29 is 9.59 Å². The average Bonchev–Trinajstić information content (AvgIpc) is 2.78. The molecule has 4 heteroatoms. The molecule has 0 fully saturated rings. The predicted octanol–water partition coefficient (Wildman–Crippen LogP) is 4.59. The lowest BCUT2D eigenvalue weighted by atomic mass is 9.88. The molecule has 0 unspecified atom stereocenters. The zero-order valence-corrected chi connectivity index (χ0v) is 17.3. The van der Waals surface area contributed by atoms with Gasteiger partial charge < -0.3 is 10.6 Å². The molecule has 154 valence electrons. The van der Waals surface area contributed by atoms with Crippen LogP contribution in [0.5, 0.6) is 0 Å². The van der Waals surface area contributed by atoms with E-state index in [1.165, 1.54) is 18.1 Å². The van der Waals surface area contributed by atoms with Gasteiger partial charge in [0.15, 0.2) is 0 Å². The largest absolute Gasteiger partial charge is 0.356 e. The highest BCUT2D eigenvalue weighted by molar-refractivity contribution is 5.79. The van der Waals surface area contributed by atoms with E-state index < -0.39 is 0 Å². The highest BCUT2D eigenvalue weighted by Crippen LogP contribution is 2.27. The van der Waals surface area contributed by atoms with Gasteiger partial charge in [-0.25, -0.2) is 0 Å². The maximum atomic E-state index is 12.6. The zero-order valence-electron chi connectivity index (χ0n) is 17.3. The molecule has 0 saturated heterocycles. The van der Waals surface area contributed by atoms with E-state index in [0.717, 1.165) is 12.0 Å². The lowest BCUT2D eigenvalue weighted by Crippen LogP contribution is -2.33. The molecule has 3 aromatic carbocycles. The Labute approximate surface area is 178 Å². The molecule has 0 radical (unpaired) electrons. The van der Waals surface area contributed by atoms with Crippen LogP contribution in [0.4, 0.5) is 0 Å². The number of hydrogen-bond donors (Lipinski definition) is 2. The van der Waals surface area contributed by atoms with Gasteiger partial charge in [0.05, 0.1) is 12.5 Å². The summed E-state index contributed by atoms with van der Waals surface area (Å²) >= 11 is 0. The van der Waals surface area contributed by atoms with Crippen LogP contribution in [0.1, 0.15) is 48.4 Å². The molecule has 2 amide bonds. The summed E-state index contributed by atoms with van der Waals surface area (Å²) in [5.74, 6) is -0.00434. The van der Waals surface area contributed by atoms with Gasteiger partial charge in [0.25, 0.3) is 0 Å². The highest BCUT2D eigenvalue weighted by Gasteiger charge is 2.18. The van der Waals surface area contributed by atoms with Crippen molar-refractivity contribution in [2.24, 2.45) is 0 Å². The third-order valence-electron chi connectivity index (χ3n) is 5.13. The van der Waals surface area contributed by atoms with Crippen LogP contribution in [-0.4, -0.2) is 18.4 Å². The monoisotopic (exact) mass is 400 g/mol. The predicted molar refractivity (Wildman–Crippen MR) is 120 cm³/mol. The van der Waals surface area contributed by atoms with Crippen LogP contribution in [0.3, 0.4) is 0 Å². The SMILES string of the molecule is CC(=O)N[C@@H](CC(=O)NCCC(c1ccccc1)c1ccccc1)c1ccccc1. The van der Waals surface area contributed by atoms with Crippen molar-refractivity contribution in [3.63, 3.8) is 0 Å². The molecular weight excluding hydrogens is 372 g/mol. The molecule has 2 N–H and O–H groups in total. The number of nitrogens with one attached hydrogen (secondary N) is 2. The molecule has 0 bridgehead atoms. The Hall–Kier alpha value is -3.40. The molecule has 0 saturated carbocycles. The summed E-state index contributed by atoms with van der Waals surface area (Å²) in [7, 11) is 0. The molecular formula is C26H28N2O2. The van der Waals surface area contributed by atoms with Gasteiger partial charge in [-0.2, -0.15) is 0 Å². The summed E-state index contributed by atoms with van der Waals surface area (Å²) < 4.78 is 0. The summed E-state index contributed by atoms with van der Waals surface area (Å²) in [4.78, 5) is 24.2. The first-order valence-electron chi connectivity index (χ1n) is 10.3. The van der Waals surface area contributed by atoms with Crippen molar-refractivity contribution in [1.29, 1.82) is 0 Å². The van der Waals surface area contributed by atoms with E-state index in [2.05, 4.69) is 34.9 Å². The second-order valence-corrected chi connectivity index (χ2v) is 7.38. The second kappa shape index (κ2) is 11.0. The Balaban J connectivity index is 1.61. The Kier molecular flexibility index (Phi) is 7.78. The Morgan fingerprint density at radius 2 is 1.20 bits per heavy atom. The summed E-state index contributed by atoms with van der Waals surface area (Å²) in [6.07, 6.45) is 1.01. The van der Waals surface area contributed by atoms with E-state index in [0.29, 0.717) is 6.54 Å². The normalized spacial score (nSPS) is 11.7. The molecule has 1 atom stereocenters. The van der Waals surface area contributed by atoms with E-state index in [9.17, 15) is 9.59 Å². The number of rotatable bonds is 9. The number of carbonyl (C=O) groups is 2. The van der Waals surface area contributed by atoms with Crippen molar-refractivity contribution >= 4 is 11.8 Å². The van der Waals surface area contributed by atoms with Gasteiger partial charge in [-0.1, -0.05) is 91.0 Å². The third-order valence-corrected chi connectivity index (χ3v) is 5.13. The summed E-state index contributed by atoms with van der Waals surface area (Å²) in [5.41, 5.74) is 3.39. The first-order valence-corrected chi connectivity index (χ1v) is 10.3. The van der Waals surface area contributed by atoms with Crippen LogP contribution in [0.15, 0.2) is 91.0 Å². The number of hydrogen-bond acceptors (Lipinski definition) is 2. The van der Waals surface area contributed by atoms with Crippen LogP contribution in [0.2, 0.25) is 0 Å². The van der Waals surface area contributed by atoms with Crippen LogP contribution in [-0.2, 0) is 9.59 Å². The molecule has 3 aromatic rings. The van der Waals surface area contributed by atoms with Gasteiger partial charge in [-0.15, -0.1) is 0 Å². The number of benzene rings is 3. The fourth-order valence-electron chi connectivity index (χ4n) is 3.69. The van der Waals surface area contributed by atoms with E-state index >= 15 is 0 Å². The maximum Gasteiger partial charge on any atom is 0.222 e. The van der Waals surface area contributed by atoms with Gasteiger partial charge in [0.2, 0.25) is 11.8 Å². The van der Waals surface area contributed by atoms with Crippen molar-refractivity contribution in [3.8, 4) is 0 Å². The van der Waals surface area contributed by atoms with E-state index in [4.69, 9.17) is 0 Å². The van der Waals surface area contributed by atoms with Crippen molar-refractivity contribution in [2.45, 2.75) is 31.7 Å². The smallest absolute Gasteiger partial charge is 0.222 e. The molecule has 0 aromatic heterocycles. The first-order chi connectivity index (χ1) is 14.6. The minimum atomic E-state index is -0.331. The average molecular weight is 401 g/mol. The Morgan fingerprint density at radius 3 is 1.67 bits per heavy atom. The molecule has 0 heterocycles. The molecule has 0 aliphatic carbocycles. The molecule has 30 heavy (non-hydrogen) atoms. The van der Waals surface area contributed by atoms with Gasteiger partial charge in [0, 0.05) is 19.4 Å². The van der Waals surface area contributed by atoms with Crippen molar-refractivity contribution in [3.05, 3.63) is 108 Å². The summed E-state index contributed by atoms with van der Waals surface area (Å²) in [5, 5.41) is 5.91. The fourth-order valence-corrected chi connectivity index (χ4v) is 3.69. The summed E-state index contributed by atoms with van der Waals surface area (Å²) in [6, 6.07) is 30.0. The van der Waals surface area contributed by atoms with Crippen LogP contribution < -0.4 is 10.6 Å². The van der Waals surface area contributed by atoms with Gasteiger partial charge in [-0.05, 0) is 23.1 Å². The Morgan fingerprint density at radius 1 is 0.733 bits per heavy atom. The molecule has 4 nitrogen and oxygen atoms in total. The lowest BCUT2D eigenvalue weighted by Gasteiger charge is -2.20. The van der Waals surface area contributed by atoms with E-state index in [1.807, 2.05) is 66.7 Å². The van der Waals surface area contributed by atoms with Crippen LogP contribution >= 0.6 is 0 Å². The summed E-state index contributed by atoms with van der Waals surface area (Å²) in [6.45, 7) is 2.03. The number of amides is 2. The minimum absolute atomic E-state index is 0.0718. The van der Waals surface area contributed by atoms with Crippen LogP contribution in [0, 0.1) is 0 Å². The van der Waals surface area contributed by atoms with Crippen LogP contribution in [0.25, 0.3) is 0 Å². The number of carbonyl (C=O) groups excluding carboxylic acids is 2. The quantitative estimate of drug-likeness (QED) is 0.552. The third kappa shape index (κ3) is 6.31. The lowest BCUT2D eigenvalue weighted by molar-refractivity contribution is -0.122. The van der Waals surface area contributed by atoms with Crippen molar-refractivity contribution in [1.82, 2.24) is 10.6 Å². The van der Waals surface area contributed by atoms with E-state index in [-0.39, 0.29) is 30.2 Å². The van der Waals surface area contributed by atoms with Gasteiger partial charge >= 0.3 is 0 Å². The Bertz CT molecular complexity index is 888. The highest BCUT2D eigenvalue weighted by atomic mass is 16.2. The van der Waals surface area contributed by atoms with Gasteiger partial charge in [0.1, 0.15) is 0 Å². The molecule has 0 aliphatic rings. The standard InChI is InChI=1S/C26H28N2O2/c1-20(29)28-25(23-15-9-4-10-16-23)19-26(30)27-18-17-24(21-11-5-2-6-12-21)22-13-7-3-8-14-22/h2-16,24-25H,17-19H2,1H3,(H,27,30)(H,28,29)/t25-/m0/s1. The maximum absolute atomic E-state index is 12.6.